The molecule has 4 heteroatoms. The molecule has 1 heterocycles. The van der Waals surface area contributed by atoms with Crippen LogP contribution in [0.25, 0.3) is 0 Å². The molecule has 2 aromatic rings. The predicted molar refractivity (Wildman–Crippen MR) is 66.8 cm³/mol. The van der Waals surface area contributed by atoms with Crippen LogP contribution in [-0.4, -0.2) is 21.2 Å². The Morgan fingerprint density at radius 3 is 3.06 bits per heavy atom. The van der Waals surface area contributed by atoms with Crippen molar-refractivity contribution < 1.29 is 5.11 Å². The van der Waals surface area contributed by atoms with Gasteiger partial charge in [-0.2, -0.15) is 0 Å². The monoisotopic (exact) mass is 231 g/mol. The first-order valence-electron chi connectivity index (χ1n) is 5.77. The van der Waals surface area contributed by atoms with E-state index in [9.17, 15) is 5.11 Å². The van der Waals surface area contributed by atoms with Gasteiger partial charge in [0, 0.05) is 19.3 Å². The van der Waals surface area contributed by atoms with Crippen molar-refractivity contribution in [2.45, 2.75) is 20.0 Å². The van der Waals surface area contributed by atoms with E-state index >= 15 is 0 Å². The van der Waals surface area contributed by atoms with Crippen LogP contribution >= 0.6 is 0 Å². The minimum absolute atomic E-state index is 0.301. The van der Waals surface area contributed by atoms with E-state index in [1.165, 1.54) is 0 Å². The number of aromatic nitrogens is 2. The van der Waals surface area contributed by atoms with Crippen LogP contribution in [0.4, 0.5) is 0 Å². The Balaban J connectivity index is 2.01. The maximum atomic E-state index is 9.38. The van der Waals surface area contributed by atoms with E-state index < -0.39 is 0 Å². The molecule has 1 aromatic heterocycles. The molecule has 0 radical (unpaired) electrons. The van der Waals surface area contributed by atoms with Crippen LogP contribution in [-0.2, 0) is 13.1 Å². The number of phenols is 1. The van der Waals surface area contributed by atoms with Gasteiger partial charge in [-0.15, -0.1) is 0 Å². The zero-order chi connectivity index (χ0) is 12.1. The lowest BCUT2D eigenvalue weighted by Crippen LogP contribution is -2.11. The summed E-state index contributed by atoms with van der Waals surface area (Å²) in [4.78, 5) is 4.31. The summed E-state index contributed by atoms with van der Waals surface area (Å²) in [5.41, 5.74) is 2.10. The van der Waals surface area contributed by atoms with E-state index in [0.717, 1.165) is 30.9 Å². The van der Waals surface area contributed by atoms with Crippen molar-refractivity contribution in [2.24, 2.45) is 0 Å². The maximum absolute atomic E-state index is 9.38. The van der Waals surface area contributed by atoms with Gasteiger partial charge in [0.25, 0.3) is 0 Å². The van der Waals surface area contributed by atoms with Gasteiger partial charge in [0.1, 0.15) is 5.75 Å². The minimum Gasteiger partial charge on any atom is -0.508 e. The number of hydrogen-bond acceptors (Lipinski definition) is 3. The molecule has 0 bridgehead atoms. The number of rotatable bonds is 5. The van der Waals surface area contributed by atoms with E-state index in [4.69, 9.17) is 0 Å². The van der Waals surface area contributed by atoms with Crippen molar-refractivity contribution in [3.05, 3.63) is 48.0 Å². The van der Waals surface area contributed by atoms with Gasteiger partial charge in [0.2, 0.25) is 0 Å². The average molecular weight is 231 g/mol. The minimum atomic E-state index is 0.301. The van der Waals surface area contributed by atoms with Crippen molar-refractivity contribution in [1.29, 1.82) is 0 Å². The second kappa shape index (κ2) is 5.50. The van der Waals surface area contributed by atoms with E-state index in [1.54, 1.807) is 12.1 Å². The van der Waals surface area contributed by atoms with Gasteiger partial charge in [0.15, 0.2) is 0 Å². The van der Waals surface area contributed by atoms with Crippen molar-refractivity contribution in [2.75, 3.05) is 6.54 Å². The smallest absolute Gasteiger partial charge is 0.115 e. The highest BCUT2D eigenvalue weighted by molar-refractivity contribution is 5.27. The van der Waals surface area contributed by atoms with Crippen LogP contribution in [0.15, 0.2) is 36.8 Å². The summed E-state index contributed by atoms with van der Waals surface area (Å²) in [5.74, 6) is 0.301. The number of hydrogen-bond donors (Lipinski definition) is 2. The molecule has 0 fully saturated rings. The summed E-state index contributed by atoms with van der Waals surface area (Å²) < 4.78 is 2.02. The van der Waals surface area contributed by atoms with E-state index in [0.29, 0.717) is 5.75 Å². The van der Waals surface area contributed by atoms with Crippen molar-refractivity contribution >= 4 is 0 Å². The van der Waals surface area contributed by atoms with E-state index in [2.05, 4.69) is 17.2 Å². The van der Waals surface area contributed by atoms with Gasteiger partial charge in [-0.25, -0.2) is 4.98 Å². The fourth-order valence-electron chi connectivity index (χ4n) is 1.70. The molecule has 0 aliphatic heterocycles. The molecule has 4 nitrogen and oxygen atoms in total. The molecular formula is C13H17N3O. The largest absolute Gasteiger partial charge is 0.508 e. The Labute approximate surface area is 101 Å². The molecule has 2 N–H and O–H groups in total. The van der Waals surface area contributed by atoms with Gasteiger partial charge < -0.3 is 15.0 Å². The SMILES string of the molecule is CCNCc1cn(Cc2cccc(O)c2)cn1. The molecule has 0 spiro atoms. The Bertz CT molecular complexity index is 479. The molecule has 2 rings (SSSR count). The van der Waals surface area contributed by atoms with Crippen LogP contribution in [0.2, 0.25) is 0 Å². The highest BCUT2D eigenvalue weighted by Gasteiger charge is 2.00. The molecule has 1 aromatic carbocycles. The number of imidazole rings is 1. The Hall–Kier alpha value is -1.81. The van der Waals surface area contributed by atoms with Crippen LogP contribution in [0.3, 0.4) is 0 Å². The second-order valence-corrected chi connectivity index (χ2v) is 3.99. The lowest BCUT2D eigenvalue weighted by atomic mass is 10.2. The summed E-state index contributed by atoms with van der Waals surface area (Å²) in [6.45, 7) is 4.54. The fraction of sp³-hybridized carbons (Fsp3) is 0.308. The van der Waals surface area contributed by atoms with Crippen LogP contribution < -0.4 is 5.32 Å². The molecule has 90 valence electrons. The Kier molecular flexibility index (Phi) is 3.77. The summed E-state index contributed by atoms with van der Waals surface area (Å²) >= 11 is 0. The molecule has 0 unspecified atom stereocenters. The predicted octanol–water partition coefficient (Wildman–Crippen LogP) is 1.75. The lowest BCUT2D eigenvalue weighted by molar-refractivity contribution is 0.474. The van der Waals surface area contributed by atoms with Crippen LogP contribution in [0.1, 0.15) is 18.2 Å². The van der Waals surface area contributed by atoms with Crippen LogP contribution in [0.5, 0.6) is 5.75 Å². The summed E-state index contributed by atoms with van der Waals surface area (Å²) in [7, 11) is 0. The third-order valence-electron chi connectivity index (χ3n) is 2.52. The standard InChI is InChI=1S/C13H17N3O/c1-2-14-7-12-9-16(10-15-12)8-11-4-3-5-13(17)6-11/h3-6,9-10,14,17H,2,7-8H2,1H3. The highest BCUT2D eigenvalue weighted by atomic mass is 16.3. The number of benzene rings is 1. The molecule has 0 atom stereocenters. The normalized spacial score (nSPS) is 10.6. The molecule has 0 saturated carbocycles. The Morgan fingerprint density at radius 2 is 2.29 bits per heavy atom. The van der Waals surface area contributed by atoms with Gasteiger partial charge in [0.05, 0.1) is 12.0 Å². The third-order valence-corrected chi connectivity index (χ3v) is 2.52. The summed E-state index contributed by atoms with van der Waals surface area (Å²) in [6, 6.07) is 7.28. The quantitative estimate of drug-likeness (QED) is 0.824. The molecule has 17 heavy (non-hydrogen) atoms. The average Bonchev–Trinajstić information content (AvgIpc) is 2.74. The second-order valence-electron chi connectivity index (χ2n) is 3.99. The summed E-state index contributed by atoms with van der Waals surface area (Å²) in [6.07, 6.45) is 3.84. The Morgan fingerprint density at radius 1 is 1.41 bits per heavy atom. The molecule has 0 amide bonds. The van der Waals surface area contributed by atoms with Gasteiger partial charge in [-0.3, -0.25) is 0 Å². The van der Waals surface area contributed by atoms with Crippen molar-refractivity contribution in [3.8, 4) is 5.75 Å². The molecule has 0 aliphatic rings. The highest BCUT2D eigenvalue weighted by Crippen LogP contribution is 2.12. The zero-order valence-corrected chi connectivity index (χ0v) is 9.93. The van der Waals surface area contributed by atoms with Crippen molar-refractivity contribution in [3.63, 3.8) is 0 Å². The molecule has 0 saturated heterocycles. The summed E-state index contributed by atoms with van der Waals surface area (Å²) in [5, 5.41) is 12.6. The number of phenolic OH excluding ortho intramolecular Hbond substituents is 1. The number of nitrogens with zero attached hydrogens (tertiary/aromatic N) is 2. The van der Waals surface area contributed by atoms with Crippen molar-refractivity contribution in [1.82, 2.24) is 14.9 Å². The fourth-order valence-corrected chi connectivity index (χ4v) is 1.70. The topological polar surface area (TPSA) is 50.1 Å². The molecule has 0 aliphatic carbocycles. The first kappa shape index (κ1) is 11.7. The van der Waals surface area contributed by atoms with Gasteiger partial charge in [-0.1, -0.05) is 19.1 Å². The maximum Gasteiger partial charge on any atom is 0.115 e. The molecular weight excluding hydrogens is 214 g/mol. The van der Waals surface area contributed by atoms with Crippen LogP contribution in [0, 0.1) is 0 Å². The van der Waals surface area contributed by atoms with Gasteiger partial charge in [-0.05, 0) is 24.2 Å². The third kappa shape index (κ3) is 3.32. The lowest BCUT2D eigenvalue weighted by Gasteiger charge is -2.02. The zero-order valence-electron chi connectivity index (χ0n) is 9.93. The number of nitrogens with one attached hydrogen (secondary N) is 1. The first-order chi connectivity index (χ1) is 8.28. The van der Waals surface area contributed by atoms with Gasteiger partial charge >= 0.3 is 0 Å². The van der Waals surface area contributed by atoms with E-state index in [-0.39, 0.29) is 0 Å². The first-order valence-corrected chi connectivity index (χ1v) is 5.77. The van der Waals surface area contributed by atoms with E-state index in [1.807, 2.05) is 29.2 Å². The number of aromatic hydroxyl groups is 1.